The third kappa shape index (κ3) is 3.64. The summed E-state index contributed by atoms with van der Waals surface area (Å²) in [5.74, 6) is 1.79. The van der Waals surface area contributed by atoms with Gasteiger partial charge >= 0.3 is 0 Å². The zero-order chi connectivity index (χ0) is 29.4. The van der Waals surface area contributed by atoms with Gasteiger partial charge in [-0.15, -0.1) is 0 Å². The highest BCUT2D eigenvalue weighted by molar-refractivity contribution is 6.33. The van der Waals surface area contributed by atoms with Crippen LogP contribution in [0.15, 0.2) is 97.1 Å². The Kier molecular flexibility index (Phi) is 5.42. The predicted molar refractivity (Wildman–Crippen MR) is 184 cm³/mol. The summed E-state index contributed by atoms with van der Waals surface area (Å²) < 4.78 is 11.3. The van der Waals surface area contributed by atoms with E-state index < -0.39 is 0 Å². The van der Waals surface area contributed by atoms with E-state index in [1.165, 1.54) is 64.0 Å². The summed E-state index contributed by atoms with van der Waals surface area (Å²) in [7, 11) is 0. The fourth-order valence-electron chi connectivity index (χ4n) is 7.16. The normalized spacial score (nSPS) is 13.6. The molecule has 212 valence electrons. The second-order valence-electron chi connectivity index (χ2n) is 11.5. The average molecular weight is 571 g/mol. The molecule has 0 aliphatic carbocycles. The molecule has 9 rings (SSSR count). The highest BCUT2D eigenvalue weighted by Crippen LogP contribution is 2.37. The molecule has 2 heterocycles. The van der Waals surface area contributed by atoms with Crippen molar-refractivity contribution in [3.8, 4) is 11.5 Å². The Morgan fingerprint density at radius 2 is 0.705 bits per heavy atom. The van der Waals surface area contributed by atoms with Gasteiger partial charge in [-0.25, -0.2) is 0 Å². The van der Waals surface area contributed by atoms with Crippen molar-refractivity contribution in [3.05, 3.63) is 118 Å². The van der Waals surface area contributed by atoms with E-state index in [1.807, 2.05) is 38.1 Å². The third-order valence-electron chi connectivity index (χ3n) is 9.04. The van der Waals surface area contributed by atoms with Crippen LogP contribution in [-0.4, -0.2) is 13.2 Å². The lowest BCUT2D eigenvalue weighted by molar-refractivity contribution is 0.340. The van der Waals surface area contributed by atoms with Crippen LogP contribution in [0.25, 0.3) is 67.9 Å². The van der Waals surface area contributed by atoms with Crippen molar-refractivity contribution in [2.45, 2.75) is 13.8 Å². The van der Waals surface area contributed by atoms with Gasteiger partial charge in [-0.3, -0.25) is 0 Å². The van der Waals surface area contributed by atoms with Gasteiger partial charge < -0.3 is 19.3 Å². The van der Waals surface area contributed by atoms with Crippen LogP contribution in [0.1, 0.15) is 13.8 Å². The van der Waals surface area contributed by atoms with Gasteiger partial charge in [0, 0.05) is 46.9 Å². The van der Waals surface area contributed by atoms with Crippen LogP contribution in [0, 0.1) is 0 Å². The highest BCUT2D eigenvalue weighted by atomic mass is 16.5. The topological polar surface area (TPSA) is 24.9 Å². The molecule has 0 saturated carbocycles. The Bertz CT molecular complexity index is 2220. The molecule has 0 saturated heterocycles. The maximum Gasteiger partial charge on any atom is 0.119 e. The van der Waals surface area contributed by atoms with Gasteiger partial charge in [0.25, 0.3) is 0 Å². The number of ether oxygens (including phenoxy) is 2. The summed E-state index contributed by atoms with van der Waals surface area (Å²) in [5.41, 5.74) is 2.23. The summed E-state index contributed by atoms with van der Waals surface area (Å²) in [6, 6.07) is 35.0. The van der Waals surface area contributed by atoms with Gasteiger partial charge in [-0.05, 0) is 116 Å². The number of fused-ring (bicyclic) bond motifs is 2. The minimum Gasteiger partial charge on any atom is -0.494 e. The standard InChI is InChI=1S/C40H30N2O2/c1-3-43-31-13-9-29(10-14-31)41-21-25-5-17-33-35-19-7-27-23-42(30-11-15-32(16-12-30)44-4-2)24-28-8-20-36(40(35)38(27)28)34-18-6-26(22-41)37(25)39(33)34/h5-24H,3-4H2,1-2H3. The van der Waals surface area contributed by atoms with E-state index >= 15 is 0 Å². The van der Waals surface area contributed by atoms with Gasteiger partial charge in [0.2, 0.25) is 0 Å². The molecular formula is C40H30N2O2. The molecule has 7 aromatic carbocycles. The molecule has 0 radical (unpaired) electrons. The minimum atomic E-state index is 0.666. The lowest BCUT2D eigenvalue weighted by Gasteiger charge is -2.23. The Hall–Kier alpha value is -5.48. The van der Waals surface area contributed by atoms with Crippen molar-refractivity contribution in [3.63, 3.8) is 0 Å². The van der Waals surface area contributed by atoms with Crippen molar-refractivity contribution in [1.82, 2.24) is 0 Å². The van der Waals surface area contributed by atoms with E-state index in [-0.39, 0.29) is 0 Å². The molecule has 0 fully saturated rings. The van der Waals surface area contributed by atoms with E-state index in [4.69, 9.17) is 9.47 Å². The van der Waals surface area contributed by atoms with Crippen LogP contribution in [0.2, 0.25) is 0 Å². The third-order valence-corrected chi connectivity index (χ3v) is 9.04. The number of hydrogen-bond donors (Lipinski definition) is 0. The molecule has 0 N–H and O–H groups in total. The first kappa shape index (κ1) is 25.1. The van der Waals surface area contributed by atoms with Gasteiger partial charge in [-0.2, -0.15) is 0 Å². The molecule has 2 aliphatic rings. The first-order valence-corrected chi connectivity index (χ1v) is 15.3. The molecule has 7 aromatic rings. The SMILES string of the molecule is CCOc1ccc(N2C=c3ccc4c5ccc6c7c(ccc(c8ccc(c3c48)=C2)c75)=CN(c2ccc(OCC)cc2)C=6)cc1. The number of rotatable bonds is 6. The number of hydrogen-bond acceptors (Lipinski definition) is 4. The van der Waals surface area contributed by atoms with Gasteiger partial charge in [0.1, 0.15) is 11.5 Å². The van der Waals surface area contributed by atoms with Crippen LogP contribution in [-0.2, 0) is 0 Å². The summed E-state index contributed by atoms with van der Waals surface area (Å²) in [6.07, 6.45) is 9.00. The average Bonchev–Trinajstić information content (AvgIpc) is 3.07. The lowest BCUT2D eigenvalue weighted by atomic mass is 9.87. The molecule has 0 aromatic heterocycles. The Morgan fingerprint density at radius 3 is 1.00 bits per heavy atom. The lowest BCUT2D eigenvalue weighted by Crippen LogP contribution is -2.27. The monoisotopic (exact) mass is 570 g/mol. The van der Waals surface area contributed by atoms with Crippen molar-refractivity contribution >= 4 is 79.3 Å². The Labute approximate surface area is 254 Å². The van der Waals surface area contributed by atoms with E-state index in [0.717, 1.165) is 22.9 Å². The maximum atomic E-state index is 5.66. The van der Waals surface area contributed by atoms with Crippen LogP contribution in [0.5, 0.6) is 11.5 Å². The smallest absolute Gasteiger partial charge is 0.119 e. The number of benzene rings is 7. The van der Waals surface area contributed by atoms with Crippen molar-refractivity contribution in [2.24, 2.45) is 0 Å². The van der Waals surface area contributed by atoms with Crippen LogP contribution in [0.4, 0.5) is 11.4 Å². The van der Waals surface area contributed by atoms with E-state index in [1.54, 1.807) is 0 Å². The molecule has 2 aliphatic heterocycles. The van der Waals surface area contributed by atoms with E-state index in [0.29, 0.717) is 13.2 Å². The van der Waals surface area contributed by atoms with E-state index in [9.17, 15) is 0 Å². The van der Waals surface area contributed by atoms with Gasteiger partial charge in [-0.1, -0.05) is 48.5 Å². The quantitative estimate of drug-likeness (QED) is 0.168. The van der Waals surface area contributed by atoms with Crippen LogP contribution >= 0.6 is 0 Å². The molecule has 4 nitrogen and oxygen atoms in total. The summed E-state index contributed by atoms with van der Waals surface area (Å²) in [5, 5.41) is 15.5. The van der Waals surface area contributed by atoms with Crippen LogP contribution < -0.4 is 40.1 Å². The summed E-state index contributed by atoms with van der Waals surface area (Å²) in [4.78, 5) is 4.44. The van der Waals surface area contributed by atoms with Gasteiger partial charge in [0.15, 0.2) is 0 Å². The Balaban J connectivity index is 1.23. The predicted octanol–water partition coefficient (Wildman–Crippen LogP) is 6.53. The highest BCUT2D eigenvalue weighted by Gasteiger charge is 2.19. The largest absolute Gasteiger partial charge is 0.494 e. The van der Waals surface area contributed by atoms with Crippen molar-refractivity contribution in [2.75, 3.05) is 23.0 Å². The minimum absolute atomic E-state index is 0.666. The summed E-state index contributed by atoms with van der Waals surface area (Å²) in [6.45, 7) is 5.35. The van der Waals surface area contributed by atoms with Crippen molar-refractivity contribution in [1.29, 1.82) is 0 Å². The number of anilines is 2. The zero-order valence-corrected chi connectivity index (χ0v) is 24.7. The molecule has 0 atom stereocenters. The molecule has 44 heavy (non-hydrogen) atoms. The van der Waals surface area contributed by atoms with E-state index in [2.05, 4.69) is 107 Å². The van der Waals surface area contributed by atoms with Crippen molar-refractivity contribution < 1.29 is 9.47 Å². The fourth-order valence-corrected chi connectivity index (χ4v) is 7.16. The first-order valence-electron chi connectivity index (χ1n) is 15.3. The molecule has 0 bridgehead atoms. The molecule has 4 heteroatoms. The molecular weight excluding hydrogens is 540 g/mol. The second kappa shape index (κ2) is 9.51. The molecule has 0 spiro atoms. The molecule has 0 unspecified atom stereocenters. The second-order valence-corrected chi connectivity index (χ2v) is 11.5. The van der Waals surface area contributed by atoms with Gasteiger partial charge in [0.05, 0.1) is 13.2 Å². The summed E-state index contributed by atoms with van der Waals surface area (Å²) >= 11 is 0. The maximum absolute atomic E-state index is 5.66. The zero-order valence-electron chi connectivity index (χ0n) is 24.7. The number of nitrogens with zero attached hydrogens (tertiary/aromatic N) is 2. The fraction of sp³-hybridized carbons (Fsp3) is 0.100. The van der Waals surface area contributed by atoms with Crippen LogP contribution in [0.3, 0.4) is 0 Å². The Morgan fingerprint density at radius 1 is 0.386 bits per heavy atom. The first-order chi connectivity index (χ1) is 21.7. The molecule has 0 amide bonds.